The van der Waals surface area contributed by atoms with E-state index in [-0.39, 0.29) is 22.5 Å². The molecule has 5 nitrogen and oxygen atoms in total. The van der Waals surface area contributed by atoms with Gasteiger partial charge in [0.15, 0.2) is 0 Å². The fourth-order valence-electron chi connectivity index (χ4n) is 4.45. The molecule has 4 rings (SSSR count). The fourth-order valence-corrected chi connectivity index (χ4v) is 6.14. The van der Waals surface area contributed by atoms with E-state index >= 15 is 0 Å². The molecule has 0 saturated carbocycles. The van der Waals surface area contributed by atoms with Gasteiger partial charge in [0, 0.05) is 12.2 Å². The number of hydrogen-bond donors (Lipinski definition) is 3. The third-order valence-electron chi connectivity index (χ3n) is 5.79. The summed E-state index contributed by atoms with van der Waals surface area (Å²) < 4.78 is 14.4. The largest absolute Gasteiger partial charge is 0.477 e. The van der Waals surface area contributed by atoms with Crippen LogP contribution in [0.4, 0.5) is 4.39 Å². The Morgan fingerprint density at radius 1 is 1.37 bits per heavy atom. The Hall–Kier alpha value is -1.67. The number of nitrogens with one attached hydrogen (secondary N) is 2. The fraction of sp³-hybridized carbons (Fsp3) is 0.381. The molecule has 1 fully saturated rings. The summed E-state index contributed by atoms with van der Waals surface area (Å²) in [6.45, 7) is 6.53. The second kappa shape index (κ2) is 7.79. The van der Waals surface area contributed by atoms with Crippen LogP contribution in [-0.2, 0) is 4.79 Å². The predicted octanol–water partition coefficient (Wildman–Crippen LogP) is 4.78. The predicted molar refractivity (Wildman–Crippen MR) is 118 cm³/mol. The molecule has 3 aliphatic heterocycles. The minimum Gasteiger partial charge on any atom is -0.477 e. The first-order valence-corrected chi connectivity index (χ1v) is 11.2. The molecule has 3 atom stereocenters. The maximum Gasteiger partial charge on any atom is 0.344 e. The lowest BCUT2D eigenvalue weighted by atomic mass is 9.80. The summed E-state index contributed by atoms with van der Waals surface area (Å²) in [5.74, 6) is -1.47. The summed E-state index contributed by atoms with van der Waals surface area (Å²) >= 11 is 13.3. The molecule has 0 amide bonds. The molecule has 3 heterocycles. The molecule has 0 bridgehead atoms. The zero-order valence-corrected chi connectivity index (χ0v) is 19.0. The first kappa shape index (κ1) is 21.6. The Kier molecular flexibility index (Phi) is 5.60. The van der Waals surface area contributed by atoms with E-state index in [1.165, 1.54) is 17.8 Å². The molecule has 1 aromatic rings. The van der Waals surface area contributed by atoms with Gasteiger partial charge in [-0.15, -0.1) is 0 Å². The van der Waals surface area contributed by atoms with E-state index in [1.54, 1.807) is 18.2 Å². The molecule has 1 saturated heterocycles. The standard InChI is InChI=1S/C21H22Cl2FN3O2S/c1-10(2)16-17(19(28)29)30-20-26-21(3,12-5-7-15(23)25-9-12)18(27(16)20)11-4-6-13(22)14(24)8-11/h4-8,10,18,20,25-26H,9H2,1-3H3,(H,28,29)/t18?,20?,21-/m0/s1. The van der Waals surface area contributed by atoms with Crippen molar-refractivity contribution < 1.29 is 14.3 Å². The van der Waals surface area contributed by atoms with Crippen LogP contribution in [0.15, 0.2) is 51.7 Å². The number of benzene rings is 1. The van der Waals surface area contributed by atoms with Gasteiger partial charge in [0.1, 0.15) is 21.4 Å². The molecular formula is C21H22Cl2FN3O2S. The number of allylic oxidation sites excluding steroid dienone is 3. The van der Waals surface area contributed by atoms with E-state index in [1.807, 2.05) is 19.9 Å². The normalized spacial score (nSPS) is 28.4. The van der Waals surface area contributed by atoms with Gasteiger partial charge >= 0.3 is 5.97 Å². The topological polar surface area (TPSA) is 64.6 Å². The first-order valence-electron chi connectivity index (χ1n) is 9.59. The summed E-state index contributed by atoms with van der Waals surface area (Å²) in [7, 11) is 0. The number of dihydropyridines is 1. The summed E-state index contributed by atoms with van der Waals surface area (Å²) in [6, 6.07) is 4.45. The van der Waals surface area contributed by atoms with Crippen LogP contribution in [0.3, 0.4) is 0 Å². The van der Waals surface area contributed by atoms with Crippen molar-refractivity contribution in [3.8, 4) is 0 Å². The molecular weight excluding hydrogens is 448 g/mol. The van der Waals surface area contributed by atoms with Crippen LogP contribution in [0, 0.1) is 11.7 Å². The Balaban J connectivity index is 1.89. The zero-order valence-electron chi connectivity index (χ0n) is 16.7. The van der Waals surface area contributed by atoms with Gasteiger partial charge in [0.2, 0.25) is 0 Å². The van der Waals surface area contributed by atoms with Crippen LogP contribution in [0.25, 0.3) is 0 Å². The maximum absolute atomic E-state index is 14.4. The molecule has 3 aliphatic rings. The highest BCUT2D eigenvalue weighted by molar-refractivity contribution is 8.04. The Morgan fingerprint density at radius 3 is 2.67 bits per heavy atom. The van der Waals surface area contributed by atoms with Crippen molar-refractivity contribution in [3.05, 3.63) is 68.1 Å². The number of hydrogen-bond acceptors (Lipinski definition) is 5. The highest BCUT2D eigenvalue weighted by Crippen LogP contribution is 2.55. The van der Waals surface area contributed by atoms with Crippen LogP contribution < -0.4 is 10.6 Å². The maximum atomic E-state index is 14.4. The van der Waals surface area contributed by atoms with Gasteiger partial charge < -0.3 is 15.3 Å². The minimum absolute atomic E-state index is 0.0230. The van der Waals surface area contributed by atoms with E-state index in [9.17, 15) is 14.3 Å². The molecule has 2 unspecified atom stereocenters. The summed E-state index contributed by atoms with van der Waals surface area (Å²) in [6.07, 6.45) is 3.76. The summed E-state index contributed by atoms with van der Waals surface area (Å²) in [5.41, 5.74) is 1.63. The molecule has 0 aromatic heterocycles. The van der Waals surface area contributed by atoms with Crippen molar-refractivity contribution in [3.63, 3.8) is 0 Å². The number of nitrogens with zero attached hydrogens (tertiary/aromatic N) is 1. The lowest BCUT2D eigenvalue weighted by Crippen LogP contribution is -2.47. The highest BCUT2D eigenvalue weighted by atomic mass is 35.5. The van der Waals surface area contributed by atoms with Crippen LogP contribution >= 0.6 is 35.0 Å². The molecule has 1 aromatic carbocycles. The molecule has 0 aliphatic carbocycles. The van der Waals surface area contributed by atoms with Crippen LogP contribution in [-0.4, -0.2) is 33.6 Å². The average Bonchev–Trinajstić information content (AvgIpc) is 3.17. The first-order chi connectivity index (χ1) is 14.1. The van der Waals surface area contributed by atoms with E-state index in [0.717, 1.165) is 16.8 Å². The van der Waals surface area contributed by atoms with Crippen molar-refractivity contribution in [1.82, 2.24) is 15.5 Å². The third kappa shape index (κ3) is 3.42. The van der Waals surface area contributed by atoms with E-state index in [2.05, 4.69) is 22.5 Å². The number of fused-ring (bicyclic) bond motifs is 1. The molecule has 9 heteroatoms. The Bertz CT molecular complexity index is 1010. The van der Waals surface area contributed by atoms with Crippen molar-refractivity contribution in [2.24, 2.45) is 5.92 Å². The van der Waals surface area contributed by atoms with Gasteiger partial charge in [-0.3, -0.25) is 5.32 Å². The summed E-state index contributed by atoms with van der Waals surface area (Å²) in [5, 5.41) is 17.1. The number of carboxylic acid groups (broad SMARTS) is 1. The monoisotopic (exact) mass is 469 g/mol. The van der Waals surface area contributed by atoms with E-state index in [0.29, 0.717) is 16.6 Å². The Morgan fingerprint density at radius 2 is 2.10 bits per heavy atom. The van der Waals surface area contributed by atoms with Crippen LogP contribution in [0.5, 0.6) is 0 Å². The minimum atomic E-state index is -0.948. The second-order valence-corrected chi connectivity index (χ2v) is 9.94. The van der Waals surface area contributed by atoms with E-state index < -0.39 is 17.3 Å². The molecule has 0 radical (unpaired) electrons. The smallest absolute Gasteiger partial charge is 0.344 e. The number of halogens is 3. The van der Waals surface area contributed by atoms with Gasteiger partial charge in [0.05, 0.1) is 16.6 Å². The van der Waals surface area contributed by atoms with Gasteiger partial charge in [-0.1, -0.05) is 61.0 Å². The Labute approximate surface area is 189 Å². The lowest BCUT2D eigenvalue weighted by Gasteiger charge is -2.39. The SMILES string of the molecule is CC(C)C1=C(C(=O)O)SC2N[C@@](C)(C3=CC=C(Cl)NC3)C(c3ccc(Cl)c(F)c3)N12. The van der Waals surface area contributed by atoms with E-state index in [4.69, 9.17) is 23.2 Å². The molecule has 30 heavy (non-hydrogen) atoms. The molecule has 0 spiro atoms. The van der Waals surface area contributed by atoms with Crippen molar-refractivity contribution in [2.45, 2.75) is 37.8 Å². The van der Waals surface area contributed by atoms with Crippen LogP contribution in [0.2, 0.25) is 5.02 Å². The number of carbonyl (C=O) groups is 1. The third-order valence-corrected chi connectivity index (χ3v) is 7.54. The van der Waals surface area contributed by atoms with Gasteiger partial charge in [-0.25, -0.2) is 9.18 Å². The lowest BCUT2D eigenvalue weighted by molar-refractivity contribution is -0.131. The zero-order chi connectivity index (χ0) is 21.8. The number of rotatable bonds is 4. The van der Waals surface area contributed by atoms with Crippen molar-refractivity contribution >= 4 is 40.9 Å². The highest BCUT2D eigenvalue weighted by Gasteiger charge is 2.56. The summed E-state index contributed by atoms with van der Waals surface area (Å²) in [4.78, 5) is 14.3. The van der Waals surface area contributed by atoms with Gasteiger partial charge in [-0.2, -0.15) is 0 Å². The quantitative estimate of drug-likeness (QED) is 0.551. The van der Waals surface area contributed by atoms with Gasteiger partial charge in [-0.05, 0) is 42.2 Å². The van der Waals surface area contributed by atoms with Crippen LogP contribution in [0.1, 0.15) is 32.4 Å². The molecule has 160 valence electrons. The number of thioether (sulfide) groups is 1. The van der Waals surface area contributed by atoms with Gasteiger partial charge in [0.25, 0.3) is 0 Å². The second-order valence-electron chi connectivity index (χ2n) is 8.03. The molecule has 3 N–H and O–H groups in total. The number of carboxylic acids is 1. The average molecular weight is 470 g/mol. The van der Waals surface area contributed by atoms with Crippen molar-refractivity contribution in [2.75, 3.05) is 6.54 Å². The van der Waals surface area contributed by atoms with Crippen molar-refractivity contribution in [1.29, 1.82) is 0 Å². The number of aliphatic carboxylic acids is 1.